The van der Waals surface area contributed by atoms with Crippen LogP contribution in [0.5, 0.6) is 0 Å². The topological polar surface area (TPSA) is 0 Å². The van der Waals surface area contributed by atoms with Crippen molar-refractivity contribution in [2.24, 2.45) is 0 Å². The van der Waals surface area contributed by atoms with Crippen molar-refractivity contribution >= 4 is 34.1 Å². The fourth-order valence-corrected chi connectivity index (χ4v) is 12.8. The third-order valence-corrected chi connectivity index (χ3v) is 14.0. The predicted molar refractivity (Wildman–Crippen MR) is 41.7 cm³/mol. The maximum absolute atomic E-state index is 2.31. The van der Waals surface area contributed by atoms with E-state index in [4.69, 9.17) is 0 Å². The zero-order chi connectivity index (χ0) is 6.24. The van der Waals surface area contributed by atoms with Gasteiger partial charge >= 0.3 is 69.7 Å². The normalized spacial score (nSPS) is 9.75. The molecule has 0 rings (SSSR count). The van der Waals surface area contributed by atoms with Gasteiger partial charge in [0.05, 0.1) is 0 Å². The zero-order valence-electron chi connectivity index (χ0n) is 5.64. The summed E-state index contributed by atoms with van der Waals surface area (Å²) in [6, 6.07) is 0. The molecule has 8 heavy (non-hydrogen) atoms. The molecule has 0 fully saturated rings. The van der Waals surface area contributed by atoms with Crippen LogP contribution in [0.4, 0.5) is 0 Å². The first-order valence-corrected chi connectivity index (χ1v) is 13.8. The second-order valence-corrected chi connectivity index (χ2v) is 14.3. The second kappa shape index (κ2) is 8.58. The molecule has 50 valence electrons. The molecule has 0 bridgehead atoms. The molecule has 0 spiro atoms. The second-order valence-electron chi connectivity index (χ2n) is 1.64. The molecule has 0 aliphatic heterocycles. The van der Waals surface area contributed by atoms with E-state index in [-0.39, 0.29) is 0 Å². The number of hydrogen-bond acceptors (Lipinski definition) is 0. The van der Waals surface area contributed by atoms with Crippen LogP contribution < -0.4 is 0 Å². The molecule has 0 aromatic rings. The van der Waals surface area contributed by atoms with Gasteiger partial charge in [-0.05, 0) is 0 Å². The van der Waals surface area contributed by atoms with Gasteiger partial charge in [-0.3, -0.25) is 0 Å². The molecule has 0 heterocycles. The van der Waals surface area contributed by atoms with Crippen molar-refractivity contribution in [3.8, 4) is 0 Å². The SMILES string of the molecule is CCC[Te][Te]CCC. The molecule has 0 saturated heterocycles. The molecule has 0 aliphatic rings. The summed E-state index contributed by atoms with van der Waals surface area (Å²) in [5, 5.41) is 0. The van der Waals surface area contributed by atoms with E-state index in [1.54, 1.807) is 8.94 Å². The van der Waals surface area contributed by atoms with Crippen LogP contribution >= 0.6 is 0 Å². The van der Waals surface area contributed by atoms with E-state index in [9.17, 15) is 0 Å². The minimum atomic E-state index is 0.597. The minimum absolute atomic E-state index is 0.597. The van der Waals surface area contributed by atoms with Crippen molar-refractivity contribution in [1.82, 2.24) is 0 Å². The van der Waals surface area contributed by atoms with Gasteiger partial charge in [-0.1, -0.05) is 0 Å². The van der Waals surface area contributed by atoms with Crippen molar-refractivity contribution < 1.29 is 0 Å². The molecule has 0 radical (unpaired) electrons. The van der Waals surface area contributed by atoms with E-state index in [0.717, 1.165) is 0 Å². The summed E-state index contributed by atoms with van der Waals surface area (Å²) < 4.78 is 3.24. The van der Waals surface area contributed by atoms with Crippen LogP contribution in [0.3, 0.4) is 0 Å². The maximum atomic E-state index is 2.31. The molecule has 0 aromatic carbocycles. The van der Waals surface area contributed by atoms with E-state index in [2.05, 4.69) is 13.8 Å². The van der Waals surface area contributed by atoms with Gasteiger partial charge in [0.1, 0.15) is 0 Å². The van der Waals surface area contributed by atoms with E-state index in [1.165, 1.54) is 12.8 Å². The van der Waals surface area contributed by atoms with Gasteiger partial charge in [-0.15, -0.1) is 0 Å². The van der Waals surface area contributed by atoms with Gasteiger partial charge in [0.15, 0.2) is 0 Å². The predicted octanol–water partition coefficient (Wildman–Crippen LogP) is 1.97. The van der Waals surface area contributed by atoms with Crippen LogP contribution in [0.15, 0.2) is 0 Å². The molecule has 0 aliphatic carbocycles. The molecular weight excluding hydrogens is 327 g/mol. The fraction of sp³-hybridized carbons (Fsp3) is 1.00. The standard InChI is InChI=1S/C6H14Te2/c1-3-5-7-8-6-4-2/h3-6H2,1-2H3. The molecule has 0 amide bonds. The van der Waals surface area contributed by atoms with Gasteiger partial charge in [-0.2, -0.15) is 0 Å². The summed E-state index contributed by atoms with van der Waals surface area (Å²) in [5.41, 5.74) is 0. The van der Waals surface area contributed by atoms with Crippen LogP contribution in [-0.2, 0) is 0 Å². The van der Waals surface area contributed by atoms with Crippen LogP contribution in [-0.4, -0.2) is 34.1 Å². The van der Waals surface area contributed by atoms with E-state index in [0.29, 0.717) is 34.1 Å². The van der Waals surface area contributed by atoms with Crippen molar-refractivity contribution in [1.29, 1.82) is 0 Å². The van der Waals surface area contributed by atoms with Gasteiger partial charge in [0.25, 0.3) is 0 Å². The summed E-state index contributed by atoms with van der Waals surface area (Å²) >= 11 is 1.19. The van der Waals surface area contributed by atoms with E-state index < -0.39 is 0 Å². The van der Waals surface area contributed by atoms with E-state index in [1.807, 2.05) is 0 Å². The summed E-state index contributed by atoms with van der Waals surface area (Å²) in [6.45, 7) is 4.62. The Balaban J connectivity index is 2.53. The van der Waals surface area contributed by atoms with E-state index >= 15 is 0 Å². The summed E-state index contributed by atoms with van der Waals surface area (Å²) in [5.74, 6) is 0. The third kappa shape index (κ3) is 7.58. The van der Waals surface area contributed by atoms with Crippen molar-refractivity contribution in [3.05, 3.63) is 0 Å². The van der Waals surface area contributed by atoms with Crippen LogP contribution in [0, 0.1) is 0 Å². The molecule has 0 atom stereocenters. The Kier molecular flexibility index (Phi) is 10.3. The van der Waals surface area contributed by atoms with Gasteiger partial charge in [0.2, 0.25) is 0 Å². The summed E-state index contributed by atoms with van der Waals surface area (Å²) in [7, 11) is 0. The average molecular weight is 341 g/mol. The van der Waals surface area contributed by atoms with Gasteiger partial charge in [-0.25, -0.2) is 0 Å². The Morgan fingerprint density at radius 3 is 1.50 bits per heavy atom. The molecule has 0 nitrogen and oxygen atoms in total. The number of rotatable bonds is 5. The first kappa shape index (κ1) is 9.58. The van der Waals surface area contributed by atoms with Gasteiger partial charge < -0.3 is 0 Å². The zero-order valence-corrected chi connectivity index (χ0v) is 10.3. The Bertz CT molecular complexity index is 31.5. The molecule has 2 heteroatoms. The van der Waals surface area contributed by atoms with Crippen molar-refractivity contribution in [2.75, 3.05) is 0 Å². The summed E-state index contributed by atoms with van der Waals surface area (Å²) in [4.78, 5) is 0. The van der Waals surface area contributed by atoms with Crippen molar-refractivity contribution in [3.63, 3.8) is 0 Å². The van der Waals surface area contributed by atoms with Crippen molar-refractivity contribution in [2.45, 2.75) is 35.6 Å². The number of hydrogen-bond donors (Lipinski definition) is 0. The van der Waals surface area contributed by atoms with Gasteiger partial charge in [0, 0.05) is 0 Å². The van der Waals surface area contributed by atoms with Crippen LogP contribution in [0.25, 0.3) is 0 Å². The quantitative estimate of drug-likeness (QED) is 0.530. The fourth-order valence-electron chi connectivity index (χ4n) is 0.285. The Morgan fingerprint density at radius 1 is 0.875 bits per heavy atom. The first-order chi connectivity index (χ1) is 3.91. The third-order valence-electron chi connectivity index (χ3n) is 0.658. The molecule has 0 N–H and O–H groups in total. The Hall–Kier alpha value is 1.58. The molecule has 0 saturated carbocycles. The summed E-state index contributed by atoms with van der Waals surface area (Å²) in [6.07, 6.45) is 2.91. The average Bonchev–Trinajstić information content (AvgIpc) is 1.81. The molecule has 0 aromatic heterocycles. The Labute approximate surface area is 69.1 Å². The van der Waals surface area contributed by atoms with Crippen LogP contribution in [0.2, 0.25) is 8.94 Å². The molecule has 0 unspecified atom stereocenters. The first-order valence-electron chi connectivity index (χ1n) is 3.16. The molecular formula is C6H14Te2. The van der Waals surface area contributed by atoms with Crippen LogP contribution in [0.1, 0.15) is 26.7 Å². The monoisotopic (exact) mass is 346 g/mol. The Morgan fingerprint density at radius 2 is 1.25 bits per heavy atom.